The Morgan fingerprint density at radius 3 is 2.57 bits per heavy atom. The fraction of sp³-hybridized carbons (Fsp3) is 0.552. The highest BCUT2D eigenvalue weighted by Gasteiger charge is 2.36. The molecule has 0 aromatic heterocycles. The normalized spacial score (nSPS) is 19.5. The molecular formula is C29H36F3N3O2. The summed E-state index contributed by atoms with van der Waals surface area (Å²) in [6, 6.07) is 11.4. The van der Waals surface area contributed by atoms with Gasteiger partial charge in [0.05, 0.1) is 12.1 Å². The van der Waals surface area contributed by atoms with E-state index in [4.69, 9.17) is 0 Å². The number of rotatable bonds is 9. The van der Waals surface area contributed by atoms with E-state index in [-0.39, 0.29) is 24.6 Å². The second kappa shape index (κ2) is 11.0. The van der Waals surface area contributed by atoms with E-state index in [0.717, 1.165) is 69.4 Å². The summed E-state index contributed by atoms with van der Waals surface area (Å²) in [5, 5.41) is 14.4. The van der Waals surface area contributed by atoms with Crippen LogP contribution >= 0.6 is 0 Å². The lowest BCUT2D eigenvalue weighted by molar-refractivity contribution is -0.147. The molecule has 5 nitrogen and oxygen atoms in total. The molecule has 1 heterocycles. The highest BCUT2D eigenvalue weighted by atomic mass is 19.4. The van der Waals surface area contributed by atoms with Crippen LogP contribution in [0, 0.1) is 11.8 Å². The summed E-state index contributed by atoms with van der Waals surface area (Å²) in [5.41, 5.74) is 2.57. The molecule has 37 heavy (non-hydrogen) atoms. The summed E-state index contributed by atoms with van der Waals surface area (Å²) in [4.78, 5) is 17.2. The molecule has 2 fully saturated rings. The van der Waals surface area contributed by atoms with Crippen molar-refractivity contribution in [2.24, 2.45) is 11.8 Å². The predicted octanol–water partition coefficient (Wildman–Crippen LogP) is 5.42. The summed E-state index contributed by atoms with van der Waals surface area (Å²) in [6.07, 6.45) is 1.34. The number of hydrogen-bond donors (Lipinski definition) is 2. The van der Waals surface area contributed by atoms with Crippen LogP contribution in [0.4, 0.5) is 18.9 Å². The van der Waals surface area contributed by atoms with Gasteiger partial charge in [0.15, 0.2) is 0 Å². The van der Waals surface area contributed by atoms with Crippen molar-refractivity contribution in [2.75, 3.05) is 25.0 Å². The lowest BCUT2D eigenvalue weighted by atomic mass is 9.97. The molecular weight excluding hydrogens is 479 g/mol. The van der Waals surface area contributed by atoms with Gasteiger partial charge < -0.3 is 15.3 Å². The Morgan fingerprint density at radius 1 is 1.08 bits per heavy atom. The van der Waals surface area contributed by atoms with Crippen molar-refractivity contribution in [3.8, 4) is 0 Å². The van der Waals surface area contributed by atoms with Gasteiger partial charge in [0, 0.05) is 37.8 Å². The minimum atomic E-state index is -4.53. The molecule has 2 aromatic carbocycles. The number of aliphatic hydroxyl groups excluding tert-OH is 1. The summed E-state index contributed by atoms with van der Waals surface area (Å²) >= 11 is 0. The molecule has 0 saturated heterocycles. The molecule has 2 aromatic rings. The van der Waals surface area contributed by atoms with Gasteiger partial charge in [-0.2, -0.15) is 13.2 Å². The Balaban J connectivity index is 1.31. The number of nitrogens with one attached hydrogen (secondary N) is 1. The summed E-state index contributed by atoms with van der Waals surface area (Å²) < 4.78 is 41.0. The molecule has 1 aliphatic heterocycles. The Morgan fingerprint density at radius 2 is 1.84 bits per heavy atom. The molecule has 1 unspecified atom stereocenters. The number of benzene rings is 2. The van der Waals surface area contributed by atoms with Gasteiger partial charge in [-0.3, -0.25) is 9.69 Å². The largest absolute Gasteiger partial charge is 0.416 e. The maximum absolute atomic E-state index is 13.7. The maximum Gasteiger partial charge on any atom is 0.416 e. The molecule has 1 atom stereocenters. The quantitative estimate of drug-likeness (QED) is 0.438. The number of halogens is 3. The van der Waals surface area contributed by atoms with Crippen LogP contribution in [0.3, 0.4) is 0 Å². The zero-order valence-electron chi connectivity index (χ0n) is 21.1. The first-order chi connectivity index (χ1) is 17.8. The van der Waals surface area contributed by atoms with Gasteiger partial charge in [0.2, 0.25) is 5.91 Å². The first kappa shape index (κ1) is 26.0. The van der Waals surface area contributed by atoms with Crippen LogP contribution in [0.2, 0.25) is 0 Å². The van der Waals surface area contributed by atoms with Gasteiger partial charge in [0.25, 0.3) is 0 Å². The van der Waals surface area contributed by atoms with E-state index < -0.39 is 23.9 Å². The fourth-order valence-corrected chi connectivity index (χ4v) is 5.88. The Hall–Kier alpha value is -2.58. The fourth-order valence-electron chi connectivity index (χ4n) is 5.88. The highest BCUT2D eigenvalue weighted by Crippen LogP contribution is 2.35. The third-order valence-corrected chi connectivity index (χ3v) is 8.11. The number of aliphatic hydroxyl groups is 1. The smallest absolute Gasteiger partial charge is 0.376 e. The maximum atomic E-state index is 13.7. The zero-order chi connectivity index (χ0) is 26.0. The van der Waals surface area contributed by atoms with Crippen LogP contribution in [0.1, 0.15) is 60.8 Å². The van der Waals surface area contributed by atoms with Crippen molar-refractivity contribution in [2.45, 2.75) is 70.4 Å². The average Bonchev–Trinajstić information content (AvgIpc) is 3.52. The van der Waals surface area contributed by atoms with E-state index in [1.54, 1.807) is 0 Å². The van der Waals surface area contributed by atoms with Gasteiger partial charge in [-0.1, -0.05) is 43.2 Å². The van der Waals surface area contributed by atoms with Crippen molar-refractivity contribution in [3.63, 3.8) is 0 Å². The minimum Gasteiger partial charge on any atom is -0.376 e. The number of nitrogens with zero attached hydrogens (tertiary/aromatic N) is 2. The van der Waals surface area contributed by atoms with E-state index >= 15 is 0 Å². The van der Waals surface area contributed by atoms with Crippen molar-refractivity contribution < 1.29 is 23.1 Å². The second-order valence-electron chi connectivity index (χ2n) is 10.9. The monoisotopic (exact) mass is 515 g/mol. The van der Waals surface area contributed by atoms with Crippen LogP contribution in [-0.4, -0.2) is 46.7 Å². The number of hydrogen-bond acceptors (Lipinski definition) is 4. The average molecular weight is 516 g/mol. The Kier molecular flexibility index (Phi) is 7.77. The van der Waals surface area contributed by atoms with E-state index in [9.17, 15) is 23.1 Å². The first-order valence-electron chi connectivity index (χ1n) is 13.5. The molecule has 2 saturated carbocycles. The third kappa shape index (κ3) is 6.29. The van der Waals surface area contributed by atoms with Crippen molar-refractivity contribution >= 4 is 11.6 Å². The molecule has 0 radical (unpaired) electrons. The Bertz CT molecular complexity index is 1100. The Labute approximate surface area is 216 Å². The van der Waals surface area contributed by atoms with Crippen LogP contribution in [0.25, 0.3) is 0 Å². The lowest BCUT2D eigenvalue weighted by Crippen LogP contribution is -2.46. The van der Waals surface area contributed by atoms with Crippen molar-refractivity contribution in [1.82, 2.24) is 9.80 Å². The number of anilines is 1. The zero-order valence-corrected chi connectivity index (χ0v) is 21.1. The number of carbonyl (C=O) groups excluding carboxylic acids is 1. The van der Waals surface area contributed by atoms with Crippen molar-refractivity contribution in [1.29, 1.82) is 0 Å². The number of carbonyl (C=O) groups is 1. The van der Waals surface area contributed by atoms with Gasteiger partial charge in [0.1, 0.15) is 6.23 Å². The SMILES string of the molecule is O=C(CNc1cccc2c1CCN(CC1CC1)C2)N(Cc1ccccc1C(F)(F)F)C(O)C1CCCC1. The summed E-state index contributed by atoms with van der Waals surface area (Å²) in [7, 11) is 0. The molecule has 8 heteroatoms. The van der Waals surface area contributed by atoms with E-state index in [2.05, 4.69) is 16.3 Å². The number of alkyl halides is 3. The first-order valence-corrected chi connectivity index (χ1v) is 13.5. The minimum absolute atomic E-state index is 0.00626. The standard InChI is InChI=1S/C29H36F3N3O2/c30-29(31,32)25-10-4-3-8-23(25)19-35(28(37)21-6-1-2-7-21)27(36)16-33-26-11-5-9-22-18-34(15-14-24(22)26)17-20-12-13-20/h3-5,8-11,20-21,28,33,37H,1-2,6-7,12-19H2. The molecule has 200 valence electrons. The van der Waals surface area contributed by atoms with Crippen LogP contribution in [0.15, 0.2) is 42.5 Å². The van der Waals surface area contributed by atoms with E-state index in [1.165, 1.54) is 47.1 Å². The number of fused-ring (bicyclic) bond motifs is 1. The van der Waals surface area contributed by atoms with Gasteiger partial charge in [-0.05, 0) is 66.8 Å². The van der Waals surface area contributed by atoms with Gasteiger partial charge >= 0.3 is 6.18 Å². The van der Waals surface area contributed by atoms with Gasteiger partial charge in [-0.25, -0.2) is 0 Å². The lowest BCUT2D eigenvalue weighted by Gasteiger charge is -2.33. The van der Waals surface area contributed by atoms with E-state index in [0.29, 0.717) is 0 Å². The van der Waals surface area contributed by atoms with Crippen LogP contribution in [0.5, 0.6) is 0 Å². The molecule has 3 aliphatic rings. The van der Waals surface area contributed by atoms with Crippen LogP contribution < -0.4 is 5.32 Å². The summed E-state index contributed by atoms with van der Waals surface area (Å²) in [5.74, 6) is 0.310. The topological polar surface area (TPSA) is 55.8 Å². The predicted molar refractivity (Wildman–Crippen MR) is 137 cm³/mol. The molecule has 0 spiro atoms. The third-order valence-electron chi connectivity index (χ3n) is 8.11. The second-order valence-corrected chi connectivity index (χ2v) is 10.9. The summed E-state index contributed by atoms with van der Waals surface area (Å²) in [6.45, 7) is 2.66. The molecule has 0 bridgehead atoms. The van der Waals surface area contributed by atoms with Crippen molar-refractivity contribution in [3.05, 3.63) is 64.7 Å². The van der Waals surface area contributed by atoms with E-state index in [1.807, 2.05) is 12.1 Å². The molecule has 1 amide bonds. The molecule has 5 rings (SSSR count). The highest BCUT2D eigenvalue weighted by molar-refractivity contribution is 5.81. The molecule has 2 N–H and O–H groups in total. The van der Waals surface area contributed by atoms with Gasteiger partial charge in [-0.15, -0.1) is 0 Å². The number of amides is 1. The van der Waals surface area contributed by atoms with Crippen LogP contribution in [-0.2, 0) is 30.5 Å². The molecule has 2 aliphatic carbocycles.